The van der Waals surface area contributed by atoms with Gasteiger partial charge in [0.25, 0.3) is 0 Å². The lowest BCUT2D eigenvalue weighted by atomic mass is 10.4. The molecule has 0 amide bonds. The third kappa shape index (κ3) is 2.99. The Kier molecular flexibility index (Phi) is 3.89. The van der Waals surface area contributed by atoms with E-state index >= 15 is 0 Å². The Morgan fingerprint density at radius 3 is 2.64 bits per heavy atom. The van der Waals surface area contributed by atoms with Crippen molar-refractivity contribution in [3.8, 4) is 5.82 Å². The van der Waals surface area contributed by atoms with E-state index in [0.717, 1.165) is 34.6 Å². The molecule has 22 heavy (non-hydrogen) atoms. The van der Waals surface area contributed by atoms with Crippen molar-refractivity contribution in [2.75, 3.05) is 11.9 Å². The summed E-state index contributed by atoms with van der Waals surface area (Å²) < 4.78 is 1.82. The van der Waals surface area contributed by atoms with Crippen molar-refractivity contribution < 1.29 is 0 Å². The third-order valence-electron chi connectivity index (χ3n) is 3.29. The van der Waals surface area contributed by atoms with Crippen LogP contribution in [-0.2, 0) is 6.54 Å². The molecule has 0 unspecified atom stereocenters. The topological polar surface area (TPSA) is 59.7 Å². The average molecular weight is 314 g/mol. The smallest absolute Gasteiger partial charge is 0.174 e. The first-order chi connectivity index (χ1) is 10.5. The fraction of sp³-hybridized carbons (Fsp3) is 0.333. The van der Waals surface area contributed by atoms with Crippen LogP contribution in [0.1, 0.15) is 21.3 Å². The minimum atomic E-state index is 0.732. The molecule has 3 aromatic rings. The van der Waals surface area contributed by atoms with Gasteiger partial charge in [-0.25, -0.2) is 14.6 Å². The van der Waals surface area contributed by atoms with Crippen molar-refractivity contribution >= 4 is 17.2 Å². The monoisotopic (exact) mass is 314 g/mol. The van der Waals surface area contributed by atoms with Crippen molar-refractivity contribution in [3.63, 3.8) is 0 Å². The van der Waals surface area contributed by atoms with Crippen LogP contribution in [0.5, 0.6) is 0 Å². The zero-order valence-electron chi connectivity index (χ0n) is 13.1. The van der Waals surface area contributed by atoms with E-state index in [-0.39, 0.29) is 0 Å². The fourth-order valence-electron chi connectivity index (χ4n) is 2.29. The summed E-state index contributed by atoms with van der Waals surface area (Å²) in [6, 6.07) is 2.03. The predicted molar refractivity (Wildman–Crippen MR) is 87.6 cm³/mol. The second-order valence-electron chi connectivity index (χ2n) is 5.28. The SMILES string of the molecule is Cc1cc(C)n(-c2cncc(N(C)Cc3cnc(C)s3)n2)n1. The summed E-state index contributed by atoms with van der Waals surface area (Å²) in [7, 11) is 2.00. The number of anilines is 1. The molecule has 0 spiro atoms. The second kappa shape index (κ2) is 5.84. The van der Waals surface area contributed by atoms with Gasteiger partial charge in [-0.3, -0.25) is 4.98 Å². The molecule has 6 nitrogen and oxygen atoms in total. The minimum absolute atomic E-state index is 0.732. The summed E-state index contributed by atoms with van der Waals surface area (Å²) in [5.41, 5.74) is 2.02. The normalized spacial score (nSPS) is 10.9. The van der Waals surface area contributed by atoms with E-state index in [1.165, 1.54) is 4.88 Å². The quantitative estimate of drug-likeness (QED) is 0.741. The van der Waals surface area contributed by atoms with E-state index in [1.807, 2.05) is 44.8 Å². The number of hydrogen-bond donors (Lipinski definition) is 0. The maximum absolute atomic E-state index is 4.67. The van der Waals surface area contributed by atoms with Crippen LogP contribution < -0.4 is 4.90 Å². The highest BCUT2D eigenvalue weighted by Crippen LogP contribution is 2.18. The Morgan fingerprint density at radius 1 is 1.18 bits per heavy atom. The summed E-state index contributed by atoms with van der Waals surface area (Å²) in [5, 5.41) is 5.53. The minimum Gasteiger partial charge on any atom is -0.353 e. The van der Waals surface area contributed by atoms with Crippen LogP contribution in [0.2, 0.25) is 0 Å². The lowest BCUT2D eigenvalue weighted by molar-refractivity contribution is 0.789. The maximum atomic E-state index is 4.67. The number of nitrogens with zero attached hydrogens (tertiary/aromatic N) is 6. The first-order valence-electron chi connectivity index (χ1n) is 7.01. The zero-order valence-corrected chi connectivity index (χ0v) is 13.9. The van der Waals surface area contributed by atoms with E-state index in [4.69, 9.17) is 0 Å². The van der Waals surface area contributed by atoms with Crippen molar-refractivity contribution in [1.29, 1.82) is 0 Å². The van der Waals surface area contributed by atoms with Crippen molar-refractivity contribution in [1.82, 2.24) is 24.7 Å². The third-order valence-corrected chi connectivity index (χ3v) is 4.19. The van der Waals surface area contributed by atoms with Gasteiger partial charge < -0.3 is 4.90 Å². The molecule has 0 fully saturated rings. The highest BCUT2D eigenvalue weighted by molar-refractivity contribution is 7.11. The van der Waals surface area contributed by atoms with Crippen molar-refractivity contribution in [2.24, 2.45) is 0 Å². The molecule has 7 heteroatoms. The van der Waals surface area contributed by atoms with Crippen molar-refractivity contribution in [2.45, 2.75) is 27.3 Å². The molecule has 114 valence electrons. The number of thiazole rings is 1. The Morgan fingerprint density at radius 2 is 2.00 bits per heavy atom. The van der Waals surface area contributed by atoms with E-state index in [9.17, 15) is 0 Å². The van der Waals surface area contributed by atoms with Gasteiger partial charge in [-0.1, -0.05) is 0 Å². The molecule has 0 radical (unpaired) electrons. The van der Waals surface area contributed by atoms with Gasteiger partial charge in [0, 0.05) is 23.8 Å². The fourth-order valence-corrected chi connectivity index (χ4v) is 3.13. The van der Waals surface area contributed by atoms with E-state index < -0.39 is 0 Å². The molecule has 3 aromatic heterocycles. The van der Waals surface area contributed by atoms with Crippen LogP contribution in [0, 0.1) is 20.8 Å². The molecular weight excluding hydrogens is 296 g/mol. The predicted octanol–water partition coefficient (Wildman–Crippen LogP) is 2.68. The van der Waals surface area contributed by atoms with Gasteiger partial charge >= 0.3 is 0 Å². The molecule has 0 saturated heterocycles. The van der Waals surface area contributed by atoms with E-state index in [2.05, 4.69) is 25.0 Å². The highest BCUT2D eigenvalue weighted by atomic mass is 32.1. The molecule has 0 saturated carbocycles. The van der Waals surface area contributed by atoms with Gasteiger partial charge in [0.2, 0.25) is 0 Å². The summed E-state index contributed by atoms with van der Waals surface area (Å²) in [4.78, 5) is 16.5. The Balaban J connectivity index is 1.85. The highest BCUT2D eigenvalue weighted by Gasteiger charge is 2.10. The van der Waals surface area contributed by atoms with Gasteiger partial charge in [0.15, 0.2) is 5.82 Å². The van der Waals surface area contributed by atoms with E-state index in [1.54, 1.807) is 23.7 Å². The number of aromatic nitrogens is 5. The van der Waals surface area contributed by atoms with Gasteiger partial charge in [-0.2, -0.15) is 5.10 Å². The van der Waals surface area contributed by atoms with Crippen LogP contribution in [0.4, 0.5) is 5.82 Å². The van der Waals surface area contributed by atoms with Crippen LogP contribution in [0.15, 0.2) is 24.7 Å². The molecule has 3 heterocycles. The molecule has 0 atom stereocenters. The number of aryl methyl sites for hydroxylation is 3. The summed E-state index contributed by atoms with van der Waals surface area (Å²) in [5.74, 6) is 1.55. The average Bonchev–Trinajstić information content (AvgIpc) is 3.04. The number of hydrogen-bond acceptors (Lipinski definition) is 6. The molecule has 0 aliphatic heterocycles. The summed E-state index contributed by atoms with van der Waals surface area (Å²) in [6.07, 6.45) is 5.41. The molecular formula is C15H18N6S. The van der Waals surface area contributed by atoms with E-state index in [0.29, 0.717) is 0 Å². The molecule has 0 aliphatic carbocycles. The first-order valence-corrected chi connectivity index (χ1v) is 7.82. The summed E-state index contributed by atoms with van der Waals surface area (Å²) >= 11 is 1.70. The Labute approximate surface area is 133 Å². The van der Waals surface area contributed by atoms with Gasteiger partial charge in [0.05, 0.1) is 29.6 Å². The van der Waals surface area contributed by atoms with Gasteiger partial charge in [-0.15, -0.1) is 11.3 Å². The molecule has 0 N–H and O–H groups in total. The van der Waals surface area contributed by atoms with Gasteiger partial charge in [-0.05, 0) is 26.8 Å². The molecule has 0 aromatic carbocycles. The maximum Gasteiger partial charge on any atom is 0.174 e. The van der Waals surface area contributed by atoms with Crippen molar-refractivity contribution in [3.05, 3.63) is 45.9 Å². The largest absolute Gasteiger partial charge is 0.353 e. The Hall–Kier alpha value is -2.28. The number of rotatable bonds is 4. The lowest BCUT2D eigenvalue weighted by Crippen LogP contribution is -2.18. The van der Waals surface area contributed by atoms with Crippen LogP contribution in [-0.4, -0.2) is 31.8 Å². The van der Waals surface area contributed by atoms with Crippen LogP contribution in [0.25, 0.3) is 5.82 Å². The van der Waals surface area contributed by atoms with Crippen LogP contribution >= 0.6 is 11.3 Å². The standard InChI is InChI=1S/C15H18N6S/c1-10-5-11(2)21(19-10)15-8-16-7-14(18-15)20(4)9-13-6-17-12(3)22-13/h5-8H,9H2,1-4H3. The lowest BCUT2D eigenvalue weighted by Gasteiger charge is -2.17. The molecule has 0 bridgehead atoms. The summed E-state index contributed by atoms with van der Waals surface area (Å²) in [6.45, 7) is 6.76. The Bertz CT molecular complexity index is 791. The van der Waals surface area contributed by atoms with Gasteiger partial charge in [0.1, 0.15) is 5.82 Å². The second-order valence-corrected chi connectivity index (χ2v) is 6.60. The molecule has 0 aliphatic rings. The first kappa shape index (κ1) is 14.6. The van der Waals surface area contributed by atoms with Crippen LogP contribution in [0.3, 0.4) is 0 Å². The molecule has 3 rings (SSSR count). The zero-order chi connectivity index (χ0) is 15.7.